The van der Waals surface area contributed by atoms with Crippen molar-refractivity contribution in [1.29, 1.82) is 0 Å². The molecule has 0 spiro atoms. The van der Waals surface area contributed by atoms with Gasteiger partial charge >= 0.3 is 0 Å². The fraction of sp³-hybridized carbons (Fsp3) is 0.667. The normalized spacial score (nSPS) is 19.8. The monoisotopic (exact) mass is 287 g/mol. The van der Waals surface area contributed by atoms with E-state index >= 15 is 0 Å². The van der Waals surface area contributed by atoms with E-state index in [1.54, 1.807) is 6.07 Å². The van der Waals surface area contributed by atoms with Gasteiger partial charge in [-0.3, -0.25) is 0 Å². The van der Waals surface area contributed by atoms with E-state index in [4.69, 9.17) is 16.3 Å². The molecule has 0 amide bonds. The molecule has 0 radical (unpaired) electrons. The van der Waals surface area contributed by atoms with Gasteiger partial charge in [-0.15, -0.1) is 0 Å². The summed E-state index contributed by atoms with van der Waals surface area (Å²) in [6, 6.07) is 2.24. The van der Waals surface area contributed by atoms with E-state index < -0.39 is 0 Å². The summed E-state index contributed by atoms with van der Waals surface area (Å²) in [5.74, 6) is 0.565. The Labute approximate surface area is 117 Å². The quantitative estimate of drug-likeness (QED) is 0.513. The Hall–Kier alpha value is -0.520. The van der Waals surface area contributed by atoms with E-state index in [0.29, 0.717) is 28.8 Å². The van der Waals surface area contributed by atoms with E-state index in [0.717, 1.165) is 13.0 Å². The van der Waals surface area contributed by atoms with E-state index in [2.05, 4.69) is 15.3 Å². The molecular formula is C12H18ClN3OS. The lowest BCUT2D eigenvalue weighted by Gasteiger charge is -2.23. The second-order valence-electron chi connectivity index (χ2n) is 4.30. The zero-order valence-electron chi connectivity index (χ0n) is 10.5. The number of thioether (sulfide) groups is 1. The molecule has 0 aromatic carbocycles. The van der Waals surface area contributed by atoms with Crippen molar-refractivity contribution in [1.82, 2.24) is 15.3 Å². The first-order valence-electron chi connectivity index (χ1n) is 6.22. The molecule has 100 valence electrons. The molecule has 4 nitrogen and oxygen atoms in total. The van der Waals surface area contributed by atoms with Crippen molar-refractivity contribution < 1.29 is 4.74 Å². The summed E-state index contributed by atoms with van der Waals surface area (Å²) in [7, 11) is 0. The van der Waals surface area contributed by atoms with E-state index in [1.165, 1.54) is 31.0 Å². The van der Waals surface area contributed by atoms with E-state index in [-0.39, 0.29) is 0 Å². The van der Waals surface area contributed by atoms with Crippen LogP contribution < -0.4 is 10.1 Å². The first-order valence-corrected chi connectivity index (χ1v) is 7.83. The maximum absolute atomic E-state index is 5.90. The van der Waals surface area contributed by atoms with Crippen LogP contribution in [0, 0.1) is 0 Å². The number of hydrogen-bond acceptors (Lipinski definition) is 5. The molecule has 2 rings (SSSR count). The smallest absolute Gasteiger partial charge is 0.218 e. The van der Waals surface area contributed by atoms with Gasteiger partial charge in [-0.25, -0.2) is 4.98 Å². The Morgan fingerprint density at radius 1 is 1.50 bits per heavy atom. The van der Waals surface area contributed by atoms with Crippen LogP contribution in [0.4, 0.5) is 0 Å². The predicted molar refractivity (Wildman–Crippen MR) is 74.6 cm³/mol. The Morgan fingerprint density at radius 2 is 2.39 bits per heavy atom. The highest BCUT2D eigenvalue weighted by Crippen LogP contribution is 2.19. The van der Waals surface area contributed by atoms with Crippen molar-refractivity contribution in [2.45, 2.75) is 36.9 Å². The second-order valence-corrected chi connectivity index (χ2v) is 5.46. The Bertz CT molecular complexity index is 386. The van der Waals surface area contributed by atoms with E-state index in [9.17, 15) is 0 Å². The zero-order valence-corrected chi connectivity index (χ0v) is 12.1. The summed E-state index contributed by atoms with van der Waals surface area (Å²) in [5, 5.41) is 4.57. The molecule has 2 heterocycles. The van der Waals surface area contributed by atoms with Crippen LogP contribution in [0.15, 0.2) is 11.2 Å². The van der Waals surface area contributed by atoms with Crippen molar-refractivity contribution in [3.63, 3.8) is 0 Å². The molecule has 0 saturated carbocycles. The molecule has 0 aliphatic carbocycles. The van der Waals surface area contributed by atoms with Crippen LogP contribution in [-0.2, 0) is 0 Å². The maximum atomic E-state index is 5.90. The Balaban J connectivity index is 1.80. The lowest BCUT2D eigenvalue weighted by atomic mass is 10.0. The number of piperidine rings is 1. The van der Waals surface area contributed by atoms with Gasteiger partial charge in [0.2, 0.25) is 5.88 Å². The van der Waals surface area contributed by atoms with Crippen molar-refractivity contribution in [2.75, 3.05) is 19.4 Å². The van der Waals surface area contributed by atoms with Gasteiger partial charge in [0.1, 0.15) is 5.15 Å². The second kappa shape index (κ2) is 7.16. The molecule has 6 heteroatoms. The summed E-state index contributed by atoms with van der Waals surface area (Å²) in [5.41, 5.74) is 0. The molecule has 1 saturated heterocycles. The van der Waals surface area contributed by atoms with Crippen molar-refractivity contribution in [3.8, 4) is 5.88 Å². The fourth-order valence-corrected chi connectivity index (χ4v) is 2.61. The molecule has 1 aromatic rings. The highest BCUT2D eigenvalue weighted by atomic mass is 35.5. The summed E-state index contributed by atoms with van der Waals surface area (Å²) in [4.78, 5) is 8.33. The zero-order chi connectivity index (χ0) is 12.8. The van der Waals surface area contributed by atoms with Crippen LogP contribution in [0.1, 0.15) is 25.7 Å². The molecular weight excluding hydrogens is 270 g/mol. The lowest BCUT2D eigenvalue weighted by Crippen LogP contribution is -2.35. The largest absolute Gasteiger partial charge is 0.477 e. The topological polar surface area (TPSA) is 47.0 Å². The first-order chi connectivity index (χ1) is 8.78. The number of rotatable bonds is 5. The van der Waals surface area contributed by atoms with Crippen molar-refractivity contribution in [2.24, 2.45) is 0 Å². The van der Waals surface area contributed by atoms with Gasteiger partial charge in [0.15, 0.2) is 5.16 Å². The number of halogens is 1. The van der Waals surface area contributed by atoms with Crippen LogP contribution in [0.3, 0.4) is 0 Å². The van der Waals surface area contributed by atoms with Gasteiger partial charge < -0.3 is 10.1 Å². The lowest BCUT2D eigenvalue weighted by molar-refractivity contribution is 0.258. The van der Waals surface area contributed by atoms with Crippen LogP contribution in [-0.4, -0.2) is 35.4 Å². The van der Waals surface area contributed by atoms with E-state index in [1.807, 2.05) is 6.26 Å². The number of aromatic nitrogens is 2. The molecule has 1 N–H and O–H groups in total. The van der Waals surface area contributed by atoms with Crippen LogP contribution in [0.5, 0.6) is 5.88 Å². The summed E-state index contributed by atoms with van der Waals surface area (Å²) in [6.07, 6.45) is 6.77. The number of ether oxygens (including phenoxy) is 1. The molecule has 1 atom stereocenters. The minimum atomic E-state index is 0.431. The van der Waals surface area contributed by atoms with Gasteiger partial charge in [0, 0.05) is 12.1 Å². The summed E-state index contributed by atoms with van der Waals surface area (Å²) in [6.45, 7) is 1.79. The minimum Gasteiger partial charge on any atom is -0.477 e. The summed E-state index contributed by atoms with van der Waals surface area (Å²) >= 11 is 7.36. The predicted octanol–water partition coefficient (Wildman–Crippen LogP) is 2.76. The average Bonchev–Trinajstić information content (AvgIpc) is 2.39. The minimum absolute atomic E-state index is 0.431. The molecule has 1 fully saturated rings. The Morgan fingerprint density at radius 3 is 3.11 bits per heavy atom. The van der Waals surface area contributed by atoms with Gasteiger partial charge in [-0.2, -0.15) is 4.98 Å². The Kier molecular flexibility index (Phi) is 5.53. The van der Waals surface area contributed by atoms with Crippen molar-refractivity contribution >= 4 is 23.4 Å². The highest BCUT2D eigenvalue weighted by molar-refractivity contribution is 7.98. The van der Waals surface area contributed by atoms with Crippen LogP contribution >= 0.6 is 23.4 Å². The highest BCUT2D eigenvalue weighted by Gasteiger charge is 2.12. The number of hydrogen-bond donors (Lipinski definition) is 1. The van der Waals surface area contributed by atoms with Gasteiger partial charge in [-0.05, 0) is 32.1 Å². The number of nitrogens with zero attached hydrogens (tertiary/aromatic N) is 2. The first kappa shape index (κ1) is 13.9. The molecule has 18 heavy (non-hydrogen) atoms. The molecule has 1 aliphatic rings. The summed E-state index contributed by atoms with van der Waals surface area (Å²) < 4.78 is 5.64. The molecule has 1 aliphatic heterocycles. The van der Waals surface area contributed by atoms with Gasteiger partial charge in [0.05, 0.1) is 6.61 Å². The maximum Gasteiger partial charge on any atom is 0.218 e. The third-order valence-corrected chi connectivity index (χ3v) is 3.70. The molecule has 1 aromatic heterocycles. The number of nitrogens with one attached hydrogen (secondary N) is 1. The fourth-order valence-electron chi connectivity index (χ4n) is 2.02. The van der Waals surface area contributed by atoms with Gasteiger partial charge in [0.25, 0.3) is 0 Å². The molecule has 0 bridgehead atoms. The van der Waals surface area contributed by atoms with Crippen molar-refractivity contribution in [3.05, 3.63) is 11.2 Å². The van der Waals surface area contributed by atoms with Crippen LogP contribution in [0.25, 0.3) is 0 Å². The third kappa shape index (κ3) is 4.30. The van der Waals surface area contributed by atoms with Crippen LogP contribution in [0.2, 0.25) is 5.15 Å². The average molecular weight is 288 g/mol. The third-order valence-electron chi connectivity index (χ3n) is 2.96. The molecule has 0 unspecified atom stereocenters. The standard InChI is InChI=1S/C12H18ClN3OS/c1-18-12-15-10(13)8-11(16-12)17-7-5-9-4-2-3-6-14-9/h8-9,14H,2-7H2,1H3/t9-/m1/s1. The SMILES string of the molecule is CSc1nc(Cl)cc(OCC[C@H]2CCCCN2)n1. The van der Waals surface area contributed by atoms with Gasteiger partial charge in [-0.1, -0.05) is 29.8 Å².